The summed E-state index contributed by atoms with van der Waals surface area (Å²) in [5.74, 6) is -0.398. The van der Waals surface area contributed by atoms with E-state index in [0.29, 0.717) is 13.1 Å². The van der Waals surface area contributed by atoms with Crippen LogP contribution in [0.2, 0.25) is 0 Å². The van der Waals surface area contributed by atoms with Crippen LogP contribution in [0.3, 0.4) is 0 Å². The predicted molar refractivity (Wildman–Crippen MR) is 52.0 cm³/mol. The molecule has 1 saturated heterocycles. The second kappa shape index (κ2) is 3.84. The van der Waals surface area contributed by atoms with Gasteiger partial charge in [0.15, 0.2) is 0 Å². The number of likely N-dealkylation sites (N-methyl/N-ethyl adjacent to an activating group) is 1. The maximum Gasteiger partial charge on any atom is 0.231 e. The van der Waals surface area contributed by atoms with Gasteiger partial charge in [-0.1, -0.05) is 0 Å². The first-order valence-corrected chi connectivity index (χ1v) is 6.09. The number of sulfonamides is 1. The van der Waals surface area contributed by atoms with E-state index in [2.05, 4.69) is 0 Å². The lowest BCUT2D eigenvalue weighted by atomic mass is 10.1. The average Bonchev–Trinajstić information content (AvgIpc) is 1.75. The number of nitrogens with zero attached hydrogens (tertiary/aromatic N) is 2. The molecule has 1 heterocycles. The Labute approximate surface area is 83.7 Å². The highest BCUT2D eigenvalue weighted by Gasteiger charge is 2.35. The highest BCUT2D eigenvalue weighted by atomic mass is 32.2. The molecule has 0 bridgehead atoms. The monoisotopic (exact) mass is 221 g/mol. The van der Waals surface area contributed by atoms with Crippen LogP contribution in [0.5, 0.6) is 0 Å². The Bertz CT molecular complexity index is 321. The van der Waals surface area contributed by atoms with Crippen molar-refractivity contribution in [2.75, 3.05) is 32.9 Å². The van der Waals surface area contributed by atoms with Crippen molar-refractivity contribution in [3.8, 4) is 0 Å². The molecule has 0 aromatic rings. The summed E-state index contributed by atoms with van der Waals surface area (Å²) < 4.78 is 23.4. The van der Waals surface area contributed by atoms with Gasteiger partial charge in [-0.05, 0) is 7.05 Å². The summed E-state index contributed by atoms with van der Waals surface area (Å²) in [4.78, 5) is 12.3. The molecule has 6 nitrogen and oxygen atoms in total. The molecule has 0 atom stereocenters. The highest BCUT2D eigenvalue weighted by Crippen LogP contribution is 2.16. The molecule has 1 amide bonds. The normalized spacial score (nSPS) is 19.6. The summed E-state index contributed by atoms with van der Waals surface area (Å²) in [6, 6.07) is 0.109. The molecule has 7 heteroatoms. The summed E-state index contributed by atoms with van der Waals surface area (Å²) in [6.45, 7) is 1.06. The van der Waals surface area contributed by atoms with Gasteiger partial charge in [0.25, 0.3) is 0 Å². The Morgan fingerprint density at radius 3 is 2.43 bits per heavy atom. The number of amides is 1. The van der Waals surface area contributed by atoms with Crippen LogP contribution in [0, 0.1) is 0 Å². The average molecular weight is 221 g/mol. The van der Waals surface area contributed by atoms with Gasteiger partial charge >= 0.3 is 0 Å². The lowest BCUT2D eigenvalue weighted by molar-refractivity contribution is -0.119. The van der Waals surface area contributed by atoms with E-state index in [-0.39, 0.29) is 12.6 Å². The fourth-order valence-corrected chi connectivity index (χ4v) is 2.23. The van der Waals surface area contributed by atoms with Crippen LogP contribution in [0.15, 0.2) is 0 Å². The van der Waals surface area contributed by atoms with E-state index in [1.807, 2.05) is 0 Å². The first kappa shape index (κ1) is 11.4. The van der Waals surface area contributed by atoms with E-state index >= 15 is 0 Å². The highest BCUT2D eigenvalue weighted by molar-refractivity contribution is 7.88. The van der Waals surface area contributed by atoms with Crippen molar-refractivity contribution in [1.29, 1.82) is 0 Å². The Hall–Kier alpha value is -0.660. The first-order chi connectivity index (χ1) is 6.30. The zero-order valence-corrected chi connectivity index (χ0v) is 9.12. The lowest BCUT2D eigenvalue weighted by Gasteiger charge is -2.41. The van der Waals surface area contributed by atoms with Crippen LogP contribution in [-0.4, -0.2) is 62.5 Å². The largest absolute Gasteiger partial charge is 0.369 e. The van der Waals surface area contributed by atoms with Crippen molar-refractivity contribution < 1.29 is 13.2 Å². The van der Waals surface area contributed by atoms with Gasteiger partial charge in [0.05, 0.1) is 12.8 Å². The van der Waals surface area contributed by atoms with E-state index < -0.39 is 15.9 Å². The van der Waals surface area contributed by atoms with Crippen molar-refractivity contribution in [2.45, 2.75) is 6.04 Å². The minimum atomic E-state index is -3.07. The van der Waals surface area contributed by atoms with Crippen LogP contribution in [0.4, 0.5) is 0 Å². The van der Waals surface area contributed by atoms with E-state index in [9.17, 15) is 13.2 Å². The minimum Gasteiger partial charge on any atom is -0.369 e. The van der Waals surface area contributed by atoms with Crippen LogP contribution in [-0.2, 0) is 14.8 Å². The number of carbonyl (C=O) groups excluding carboxylic acids is 1. The number of nitrogens with two attached hydrogens (primary N) is 1. The minimum absolute atomic E-state index is 0.109. The van der Waals surface area contributed by atoms with Gasteiger partial charge in [0.2, 0.25) is 15.9 Å². The van der Waals surface area contributed by atoms with E-state index in [1.165, 1.54) is 10.6 Å². The molecular formula is C7H15N3O3S. The zero-order chi connectivity index (χ0) is 10.9. The number of hydrogen-bond acceptors (Lipinski definition) is 4. The summed E-state index contributed by atoms with van der Waals surface area (Å²) in [6.07, 6.45) is 1.18. The van der Waals surface area contributed by atoms with Gasteiger partial charge < -0.3 is 5.73 Å². The zero-order valence-electron chi connectivity index (χ0n) is 8.30. The van der Waals surface area contributed by atoms with Crippen molar-refractivity contribution in [3.63, 3.8) is 0 Å². The third-order valence-electron chi connectivity index (χ3n) is 2.33. The molecule has 1 rings (SSSR count). The third kappa shape index (κ3) is 2.66. The van der Waals surface area contributed by atoms with Crippen molar-refractivity contribution in [1.82, 2.24) is 9.21 Å². The Balaban J connectivity index is 2.38. The summed E-state index contributed by atoms with van der Waals surface area (Å²) in [5, 5.41) is 0. The Kier molecular flexibility index (Phi) is 3.13. The third-order valence-corrected chi connectivity index (χ3v) is 3.56. The fraction of sp³-hybridized carbons (Fsp3) is 0.857. The van der Waals surface area contributed by atoms with E-state index in [0.717, 1.165) is 0 Å². The molecule has 0 unspecified atom stereocenters. The molecule has 0 spiro atoms. The summed E-state index contributed by atoms with van der Waals surface area (Å²) in [7, 11) is -1.31. The molecule has 1 aliphatic heterocycles. The smallest absolute Gasteiger partial charge is 0.231 e. The number of rotatable bonds is 4. The van der Waals surface area contributed by atoms with E-state index in [4.69, 9.17) is 5.73 Å². The number of carbonyl (C=O) groups is 1. The standard InChI is InChI=1S/C7H15N3O3S/c1-9(5-7(8)11)6-3-10(4-6)14(2,12)13/h6H,3-5H2,1-2H3,(H2,8,11). The van der Waals surface area contributed by atoms with Gasteiger partial charge in [0, 0.05) is 19.1 Å². The summed E-state index contributed by atoms with van der Waals surface area (Å²) in [5.41, 5.74) is 5.02. The molecule has 0 radical (unpaired) electrons. The van der Waals surface area contributed by atoms with Gasteiger partial charge in [-0.2, -0.15) is 4.31 Å². The van der Waals surface area contributed by atoms with Gasteiger partial charge in [-0.15, -0.1) is 0 Å². The molecular weight excluding hydrogens is 206 g/mol. The van der Waals surface area contributed by atoms with Gasteiger partial charge in [0.1, 0.15) is 0 Å². The SMILES string of the molecule is CN(CC(N)=O)C1CN(S(C)(=O)=O)C1. The lowest BCUT2D eigenvalue weighted by Crippen LogP contribution is -2.60. The van der Waals surface area contributed by atoms with Crippen molar-refractivity contribution >= 4 is 15.9 Å². The fourth-order valence-electron chi connectivity index (χ4n) is 1.34. The van der Waals surface area contributed by atoms with Crippen LogP contribution in [0.1, 0.15) is 0 Å². The first-order valence-electron chi connectivity index (χ1n) is 4.24. The quantitative estimate of drug-likeness (QED) is 0.598. The van der Waals surface area contributed by atoms with Crippen LogP contribution >= 0.6 is 0 Å². The predicted octanol–water partition coefficient (Wildman–Crippen LogP) is -1.95. The molecule has 1 fully saturated rings. The van der Waals surface area contributed by atoms with Crippen LogP contribution in [0.25, 0.3) is 0 Å². The maximum atomic E-state index is 11.0. The van der Waals surface area contributed by atoms with Gasteiger partial charge in [-0.25, -0.2) is 8.42 Å². The molecule has 0 aromatic carbocycles. The van der Waals surface area contributed by atoms with Crippen molar-refractivity contribution in [3.05, 3.63) is 0 Å². The number of hydrogen-bond donors (Lipinski definition) is 1. The Morgan fingerprint density at radius 2 is 2.07 bits per heavy atom. The van der Waals surface area contributed by atoms with E-state index in [1.54, 1.807) is 11.9 Å². The molecule has 0 aromatic heterocycles. The van der Waals surface area contributed by atoms with Gasteiger partial charge in [-0.3, -0.25) is 9.69 Å². The molecule has 14 heavy (non-hydrogen) atoms. The number of primary amides is 1. The second-order valence-electron chi connectivity index (χ2n) is 3.62. The molecule has 1 aliphatic rings. The Morgan fingerprint density at radius 1 is 1.57 bits per heavy atom. The molecule has 2 N–H and O–H groups in total. The summed E-state index contributed by atoms with van der Waals surface area (Å²) >= 11 is 0. The molecule has 0 saturated carbocycles. The molecule has 82 valence electrons. The van der Waals surface area contributed by atoms with Crippen molar-refractivity contribution in [2.24, 2.45) is 5.73 Å². The second-order valence-corrected chi connectivity index (χ2v) is 5.60. The van der Waals surface area contributed by atoms with Crippen LogP contribution < -0.4 is 5.73 Å². The molecule has 0 aliphatic carbocycles. The maximum absolute atomic E-state index is 11.0. The topological polar surface area (TPSA) is 83.7 Å².